The molecule has 0 aliphatic heterocycles. The first-order chi connectivity index (χ1) is 7.75. The second-order valence-electron chi connectivity index (χ2n) is 3.67. The van der Waals surface area contributed by atoms with Crippen LogP contribution in [0.25, 0.3) is 16.8 Å². The highest BCUT2D eigenvalue weighted by atomic mass is 16.3. The van der Waals surface area contributed by atoms with Crippen LogP contribution in [0.5, 0.6) is 0 Å². The fraction of sp³-hybridized carbons (Fsp3) is 0.182. The number of hydrogen-bond acceptors (Lipinski definition) is 4. The molecule has 0 amide bonds. The number of hydrogen-bond donors (Lipinski definition) is 0. The molecule has 5 nitrogen and oxygen atoms in total. The quantitative estimate of drug-likeness (QED) is 0.621. The van der Waals surface area contributed by atoms with Gasteiger partial charge in [0.15, 0.2) is 12.0 Å². The van der Waals surface area contributed by atoms with Crippen molar-refractivity contribution in [3.63, 3.8) is 0 Å². The summed E-state index contributed by atoms with van der Waals surface area (Å²) < 4.78 is 7.09. The Balaban J connectivity index is 2.32. The summed E-state index contributed by atoms with van der Waals surface area (Å²) in [6.07, 6.45) is 3.12. The third-order valence-electron chi connectivity index (χ3n) is 2.52. The molecule has 2 heterocycles. The van der Waals surface area contributed by atoms with E-state index in [4.69, 9.17) is 4.42 Å². The van der Waals surface area contributed by atoms with Crippen LogP contribution in [0.4, 0.5) is 0 Å². The first-order valence-corrected chi connectivity index (χ1v) is 4.97. The van der Waals surface area contributed by atoms with E-state index in [1.807, 2.05) is 26.0 Å². The summed E-state index contributed by atoms with van der Waals surface area (Å²) in [7, 11) is 0. The van der Waals surface area contributed by atoms with E-state index in [1.165, 1.54) is 6.39 Å². The van der Waals surface area contributed by atoms with Crippen molar-refractivity contribution in [2.75, 3.05) is 0 Å². The molecule has 0 N–H and O–H groups in total. The summed E-state index contributed by atoms with van der Waals surface area (Å²) in [6.45, 7) is 3.85. The van der Waals surface area contributed by atoms with Crippen LogP contribution in [0.2, 0.25) is 0 Å². The van der Waals surface area contributed by atoms with Crippen LogP contribution in [0, 0.1) is 13.8 Å². The number of oxazole rings is 1. The van der Waals surface area contributed by atoms with E-state index < -0.39 is 0 Å². The number of rotatable bonds is 1. The van der Waals surface area contributed by atoms with Crippen LogP contribution < -0.4 is 0 Å². The lowest BCUT2D eigenvalue weighted by Crippen LogP contribution is -1.96. The minimum atomic E-state index is 0.730. The minimum Gasteiger partial charge on any atom is -0.441 e. The summed E-state index contributed by atoms with van der Waals surface area (Å²) in [4.78, 5) is 8.28. The normalized spacial score (nSPS) is 11.1. The van der Waals surface area contributed by atoms with Gasteiger partial charge in [-0.15, -0.1) is 0 Å². The highest BCUT2D eigenvalue weighted by molar-refractivity contribution is 5.84. The van der Waals surface area contributed by atoms with Crippen molar-refractivity contribution < 1.29 is 4.42 Å². The molecule has 2 aromatic heterocycles. The molecule has 0 aliphatic carbocycles. The molecule has 0 fully saturated rings. The average molecular weight is 214 g/mol. The van der Waals surface area contributed by atoms with Crippen molar-refractivity contribution in [2.24, 2.45) is 0 Å². The van der Waals surface area contributed by atoms with Crippen LogP contribution in [0.3, 0.4) is 0 Å². The van der Waals surface area contributed by atoms with E-state index in [9.17, 15) is 0 Å². The largest absolute Gasteiger partial charge is 0.441 e. The molecule has 3 aromatic rings. The Hall–Kier alpha value is -2.17. The Bertz CT molecular complexity index is 653. The van der Waals surface area contributed by atoms with E-state index in [0.717, 1.165) is 28.2 Å². The van der Waals surface area contributed by atoms with Crippen molar-refractivity contribution in [2.45, 2.75) is 13.8 Å². The zero-order valence-electron chi connectivity index (χ0n) is 9.01. The maximum atomic E-state index is 5.39. The molecule has 0 radical (unpaired) electrons. The van der Waals surface area contributed by atoms with Crippen molar-refractivity contribution in [3.05, 3.63) is 36.2 Å². The van der Waals surface area contributed by atoms with Gasteiger partial charge in [0, 0.05) is 0 Å². The summed E-state index contributed by atoms with van der Waals surface area (Å²) in [5, 5.41) is 4.26. The third-order valence-corrected chi connectivity index (χ3v) is 2.52. The van der Waals surface area contributed by atoms with Crippen molar-refractivity contribution >= 4 is 11.1 Å². The van der Waals surface area contributed by atoms with Crippen LogP contribution in [0.15, 0.2) is 29.3 Å². The highest BCUT2D eigenvalue weighted by Crippen LogP contribution is 2.23. The summed E-state index contributed by atoms with van der Waals surface area (Å²) >= 11 is 0. The van der Waals surface area contributed by atoms with Crippen LogP contribution in [-0.2, 0) is 0 Å². The molecular formula is C11H10N4O. The lowest BCUT2D eigenvalue weighted by molar-refractivity contribution is 0.598. The van der Waals surface area contributed by atoms with Gasteiger partial charge < -0.3 is 4.42 Å². The average Bonchev–Trinajstić information content (AvgIpc) is 2.87. The topological polar surface area (TPSA) is 56.7 Å². The van der Waals surface area contributed by atoms with Crippen molar-refractivity contribution in [3.8, 4) is 5.69 Å². The molecule has 0 bridgehead atoms. The fourth-order valence-electron chi connectivity index (χ4n) is 1.71. The predicted octanol–water partition coefficient (Wildman–Crippen LogP) is 2.03. The Morgan fingerprint density at radius 3 is 2.81 bits per heavy atom. The Labute approximate surface area is 91.7 Å². The molecule has 0 atom stereocenters. The molecule has 0 saturated carbocycles. The molecule has 0 spiro atoms. The number of aromatic nitrogens is 4. The lowest BCUT2D eigenvalue weighted by Gasteiger charge is -2.01. The van der Waals surface area contributed by atoms with Gasteiger partial charge in [0.25, 0.3) is 0 Å². The second kappa shape index (κ2) is 3.16. The number of benzene rings is 1. The maximum Gasteiger partial charge on any atom is 0.182 e. The zero-order chi connectivity index (χ0) is 11.1. The number of fused-ring (bicyclic) bond motifs is 1. The molecule has 0 unspecified atom stereocenters. The van der Waals surface area contributed by atoms with Crippen LogP contribution in [-0.4, -0.2) is 19.7 Å². The van der Waals surface area contributed by atoms with Gasteiger partial charge in [-0.1, -0.05) is 6.07 Å². The first kappa shape index (κ1) is 9.08. The van der Waals surface area contributed by atoms with E-state index in [0.29, 0.717) is 0 Å². The number of nitrogens with zero attached hydrogens (tertiary/aromatic N) is 4. The summed E-state index contributed by atoms with van der Waals surface area (Å²) in [5.41, 5.74) is 3.55. The molecule has 5 heteroatoms. The zero-order valence-corrected chi connectivity index (χ0v) is 9.01. The van der Waals surface area contributed by atoms with Gasteiger partial charge in [0.1, 0.15) is 23.4 Å². The van der Waals surface area contributed by atoms with Gasteiger partial charge in [0.05, 0.1) is 0 Å². The second-order valence-corrected chi connectivity index (χ2v) is 3.67. The molecule has 0 aliphatic rings. The number of aryl methyl sites for hydroxylation is 2. The minimum absolute atomic E-state index is 0.730. The van der Waals surface area contributed by atoms with Gasteiger partial charge in [0.2, 0.25) is 0 Å². The van der Waals surface area contributed by atoms with E-state index in [-0.39, 0.29) is 0 Å². The van der Waals surface area contributed by atoms with Gasteiger partial charge in [-0.2, -0.15) is 5.10 Å². The predicted molar refractivity (Wildman–Crippen MR) is 58.4 cm³/mol. The monoisotopic (exact) mass is 214 g/mol. The molecule has 80 valence electrons. The van der Waals surface area contributed by atoms with E-state index in [2.05, 4.69) is 15.1 Å². The first-order valence-electron chi connectivity index (χ1n) is 4.97. The van der Waals surface area contributed by atoms with Gasteiger partial charge in [-0.25, -0.2) is 14.6 Å². The lowest BCUT2D eigenvalue weighted by atomic mass is 10.2. The molecular weight excluding hydrogens is 204 g/mol. The highest BCUT2D eigenvalue weighted by Gasteiger charge is 2.10. The maximum absolute atomic E-state index is 5.39. The summed E-state index contributed by atoms with van der Waals surface area (Å²) in [6, 6.07) is 3.95. The van der Waals surface area contributed by atoms with Crippen molar-refractivity contribution in [1.82, 2.24) is 19.7 Å². The van der Waals surface area contributed by atoms with Crippen LogP contribution >= 0.6 is 0 Å². The Kier molecular flexibility index (Phi) is 1.80. The van der Waals surface area contributed by atoms with Gasteiger partial charge >= 0.3 is 0 Å². The third kappa shape index (κ3) is 1.21. The Morgan fingerprint density at radius 1 is 1.19 bits per heavy atom. The molecule has 1 aromatic carbocycles. The standard InChI is InChI=1S/C11H10N4O/c1-7-3-4-9(11-10(7)13-6-16-11)15-5-12-8(2)14-15/h3-6H,1-2H3. The fourth-order valence-corrected chi connectivity index (χ4v) is 1.71. The van der Waals surface area contributed by atoms with E-state index in [1.54, 1.807) is 11.0 Å². The SMILES string of the molecule is Cc1ncn(-c2ccc(C)c3ncoc23)n1. The smallest absolute Gasteiger partial charge is 0.182 e. The van der Waals surface area contributed by atoms with Gasteiger partial charge in [-0.3, -0.25) is 0 Å². The van der Waals surface area contributed by atoms with E-state index >= 15 is 0 Å². The molecule has 3 rings (SSSR count). The van der Waals surface area contributed by atoms with Crippen molar-refractivity contribution in [1.29, 1.82) is 0 Å². The molecule has 0 saturated heterocycles. The summed E-state index contributed by atoms with van der Waals surface area (Å²) in [5.74, 6) is 0.730. The van der Waals surface area contributed by atoms with Gasteiger partial charge in [-0.05, 0) is 25.5 Å². The Morgan fingerprint density at radius 2 is 2.06 bits per heavy atom. The molecule has 16 heavy (non-hydrogen) atoms. The van der Waals surface area contributed by atoms with Crippen LogP contribution in [0.1, 0.15) is 11.4 Å².